The first-order valence-corrected chi connectivity index (χ1v) is 10.6. The molecule has 8 nitrogen and oxygen atoms in total. The van der Waals surface area contributed by atoms with E-state index in [0.29, 0.717) is 12.2 Å². The standard InChI is InChI=1S/C22H28O8/c1-12-17(25)18(26)22-11-28-19(30-13(2)23)21(12,8-15(24)14-5-7-27-9-14)16(22)4-3-6-20(22)10-29-20/h5,7,9,12,15-16,18-19,24,26H,3-4,6,8,10-11H2,1-2H3/t12-,15+,16-,18+,19-,20+,21-,22+/m1/s1. The second-order valence-corrected chi connectivity index (χ2v) is 9.44. The van der Waals surface area contributed by atoms with Gasteiger partial charge in [-0.3, -0.25) is 9.59 Å². The number of aliphatic hydroxyl groups excluding tert-OH is 2. The molecule has 1 spiro atoms. The number of carbonyl (C=O) groups is 2. The van der Waals surface area contributed by atoms with Crippen molar-refractivity contribution < 1.29 is 38.4 Å². The molecule has 4 fully saturated rings. The summed E-state index contributed by atoms with van der Waals surface area (Å²) in [7, 11) is 0. The summed E-state index contributed by atoms with van der Waals surface area (Å²) >= 11 is 0. The van der Waals surface area contributed by atoms with Crippen LogP contribution in [-0.2, 0) is 23.8 Å². The fourth-order valence-electron chi connectivity index (χ4n) is 6.82. The molecular weight excluding hydrogens is 392 g/mol. The number of ether oxygens (including phenoxy) is 3. The van der Waals surface area contributed by atoms with E-state index in [4.69, 9.17) is 18.6 Å². The van der Waals surface area contributed by atoms with Crippen LogP contribution >= 0.6 is 0 Å². The minimum Gasteiger partial charge on any atom is -0.472 e. The topological polar surface area (TPSA) is 119 Å². The Hall–Kier alpha value is -1.74. The maximum atomic E-state index is 13.4. The molecule has 4 aliphatic rings. The number of aliphatic hydroxyl groups is 2. The van der Waals surface area contributed by atoms with Gasteiger partial charge in [0.25, 0.3) is 0 Å². The van der Waals surface area contributed by atoms with Crippen molar-refractivity contribution in [1.82, 2.24) is 0 Å². The lowest BCUT2D eigenvalue weighted by Crippen LogP contribution is -2.76. The van der Waals surface area contributed by atoms with Crippen LogP contribution in [-0.4, -0.2) is 53.2 Å². The molecule has 1 aromatic rings. The zero-order valence-electron chi connectivity index (χ0n) is 17.2. The van der Waals surface area contributed by atoms with E-state index in [1.165, 1.54) is 19.5 Å². The third-order valence-electron chi connectivity index (χ3n) is 8.34. The van der Waals surface area contributed by atoms with Gasteiger partial charge in [-0.1, -0.05) is 13.3 Å². The Morgan fingerprint density at radius 3 is 2.80 bits per heavy atom. The highest BCUT2D eigenvalue weighted by Crippen LogP contribution is 2.71. The Labute approximate surface area is 174 Å². The van der Waals surface area contributed by atoms with Gasteiger partial charge in [0.2, 0.25) is 6.29 Å². The van der Waals surface area contributed by atoms with E-state index >= 15 is 0 Å². The van der Waals surface area contributed by atoms with E-state index in [1.807, 2.05) is 0 Å². The van der Waals surface area contributed by atoms with Gasteiger partial charge in [-0.2, -0.15) is 0 Å². The monoisotopic (exact) mass is 420 g/mol. The summed E-state index contributed by atoms with van der Waals surface area (Å²) in [6, 6.07) is 1.68. The zero-order valence-corrected chi connectivity index (χ0v) is 17.2. The molecule has 5 rings (SSSR count). The van der Waals surface area contributed by atoms with Crippen molar-refractivity contribution >= 4 is 11.8 Å². The predicted molar refractivity (Wildman–Crippen MR) is 101 cm³/mol. The molecule has 8 atom stereocenters. The summed E-state index contributed by atoms with van der Waals surface area (Å²) in [5.41, 5.74) is -1.91. The van der Waals surface area contributed by atoms with Gasteiger partial charge in [-0.05, 0) is 31.2 Å². The lowest BCUT2D eigenvalue weighted by atomic mass is 9.40. The van der Waals surface area contributed by atoms with Crippen molar-refractivity contribution in [1.29, 1.82) is 0 Å². The van der Waals surface area contributed by atoms with Crippen LogP contribution in [0.5, 0.6) is 0 Å². The van der Waals surface area contributed by atoms with Crippen LogP contribution in [0.2, 0.25) is 0 Å². The van der Waals surface area contributed by atoms with Crippen LogP contribution in [0.15, 0.2) is 23.0 Å². The van der Waals surface area contributed by atoms with E-state index in [1.54, 1.807) is 13.0 Å². The summed E-state index contributed by atoms with van der Waals surface area (Å²) in [4.78, 5) is 25.3. The van der Waals surface area contributed by atoms with Crippen molar-refractivity contribution in [3.8, 4) is 0 Å². The van der Waals surface area contributed by atoms with Gasteiger partial charge in [-0.25, -0.2) is 0 Å². The third kappa shape index (κ3) is 2.42. The van der Waals surface area contributed by atoms with Gasteiger partial charge in [0, 0.05) is 23.8 Å². The van der Waals surface area contributed by atoms with Crippen LogP contribution < -0.4 is 0 Å². The minimum absolute atomic E-state index is 0.0821. The minimum atomic E-state index is -1.21. The lowest BCUT2D eigenvalue weighted by molar-refractivity contribution is -0.338. The van der Waals surface area contributed by atoms with Crippen molar-refractivity contribution in [2.75, 3.05) is 13.2 Å². The summed E-state index contributed by atoms with van der Waals surface area (Å²) in [5, 5.41) is 22.3. The second kappa shape index (κ2) is 6.63. The van der Waals surface area contributed by atoms with E-state index < -0.39 is 46.8 Å². The number of furan rings is 1. The van der Waals surface area contributed by atoms with E-state index in [0.717, 1.165) is 19.3 Å². The number of ketones is 1. The molecule has 8 heteroatoms. The Kier molecular flexibility index (Phi) is 4.46. The fraction of sp³-hybridized carbons (Fsp3) is 0.727. The number of Topliss-reactive ketones (excluding diaryl/α,β-unsaturated/α-hetero) is 1. The van der Waals surface area contributed by atoms with Gasteiger partial charge < -0.3 is 28.8 Å². The first-order chi connectivity index (χ1) is 14.3. The van der Waals surface area contributed by atoms with Crippen molar-refractivity contribution in [3.63, 3.8) is 0 Å². The van der Waals surface area contributed by atoms with Gasteiger partial charge in [-0.15, -0.1) is 0 Å². The molecule has 1 aromatic heterocycles. The molecule has 0 unspecified atom stereocenters. The molecule has 30 heavy (non-hydrogen) atoms. The third-order valence-corrected chi connectivity index (χ3v) is 8.34. The predicted octanol–water partition coefficient (Wildman–Crippen LogP) is 1.74. The molecule has 2 N–H and O–H groups in total. The summed E-state index contributed by atoms with van der Waals surface area (Å²) in [6.07, 6.45) is 2.31. The molecule has 3 heterocycles. The smallest absolute Gasteiger partial charge is 0.304 e. The molecule has 0 aromatic carbocycles. The van der Waals surface area contributed by atoms with Crippen molar-refractivity contribution in [2.45, 2.75) is 63.6 Å². The van der Waals surface area contributed by atoms with Gasteiger partial charge in [0.15, 0.2) is 5.78 Å². The Morgan fingerprint density at radius 1 is 1.40 bits per heavy atom. The number of carbonyl (C=O) groups excluding carboxylic acids is 2. The summed E-state index contributed by atoms with van der Waals surface area (Å²) in [5.74, 6) is -1.69. The van der Waals surface area contributed by atoms with Crippen LogP contribution in [0, 0.1) is 22.7 Å². The SMILES string of the molecule is CC(=O)O[C@H]1OC[C@@]23[C@H](CCC[C@]24CO4)[C@@]1(C[C@H](O)c1ccoc1)[C@H](C)C(=O)[C@@H]3O. The normalized spacial score (nSPS) is 45.7. The quantitative estimate of drug-likeness (QED) is 0.559. The van der Waals surface area contributed by atoms with Crippen LogP contribution in [0.4, 0.5) is 0 Å². The van der Waals surface area contributed by atoms with Gasteiger partial charge in [0.1, 0.15) is 11.7 Å². The molecule has 2 bridgehead atoms. The molecule has 2 aliphatic heterocycles. The fourth-order valence-corrected chi connectivity index (χ4v) is 6.82. The average molecular weight is 420 g/mol. The second-order valence-electron chi connectivity index (χ2n) is 9.44. The number of esters is 1. The first kappa shape index (κ1) is 20.2. The molecule has 2 saturated heterocycles. The van der Waals surface area contributed by atoms with Crippen LogP contribution in [0.25, 0.3) is 0 Å². The van der Waals surface area contributed by atoms with Crippen LogP contribution in [0.1, 0.15) is 51.2 Å². The number of epoxide rings is 1. The lowest BCUT2D eigenvalue weighted by Gasteiger charge is -2.67. The highest BCUT2D eigenvalue weighted by atomic mass is 16.7. The highest BCUT2D eigenvalue weighted by Gasteiger charge is 2.80. The van der Waals surface area contributed by atoms with E-state index in [9.17, 15) is 19.8 Å². The largest absolute Gasteiger partial charge is 0.472 e. The molecule has 164 valence electrons. The maximum absolute atomic E-state index is 13.4. The van der Waals surface area contributed by atoms with E-state index in [-0.39, 0.29) is 24.7 Å². The Morgan fingerprint density at radius 2 is 2.17 bits per heavy atom. The highest BCUT2D eigenvalue weighted by molar-refractivity contribution is 5.88. The van der Waals surface area contributed by atoms with Crippen molar-refractivity contribution in [2.24, 2.45) is 22.7 Å². The van der Waals surface area contributed by atoms with Gasteiger partial charge >= 0.3 is 5.97 Å². The Balaban J connectivity index is 1.66. The van der Waals surface area contributed by atoms with Crippen LogP contribution in [0.3, 0.4) is 0 Å². The maximum Gasteiger partial charge on any atom is 0.304 e. The number of hydrogen-bond acceptors (Lipinski definition) is 8. The number of rotatable bonds is 4. The van der Waals surface area contributed by atoms with Gasteiger partial charge in [0.05, 0.1) is 37.3 Å². The zero-order chi connectivity index (χ0) is 21.3. The summed E-state index contributed by atoms with van der Waals surface area (Å²) < 4.78 is 22.8. The average Bonchev–Trinajstić information content (AvgIpc) is 3.27. The summed E-state index contributed by atoms with van der Waals surface area (Å²) in [6.45, 7) is 3.61. The Bertz CT molecular complexity index is 845. The number of hydrogen-bond donors (Lipinski definition) is 2. The molecule has 2 aliphatic carbocycles. The molecule has 0 radical (unpaired) electrons. The molecule has 2 saturated carbocycles. The molecular formula is C22H28O8. The van der Waals surface area contributed by atoms with E-state index in [2.05, 4.69) is 0 Å². The van der Waals surface area contributed by atoms with Crippen molar-refractivity contribution in [3.05, 3.63) is 24.2 Å². The molecule has 0 amide bonds. The first-order valence-electron chi connectivity index (χ1n) is 10.6.